The predicted molar refractivity (Wildman–Crippen MR) is 110 cm³/mol. The van der Waals surface area contributed by atoms with E-state index in [0.717, 1.165) is 38.2 Å². The monoisotopic (exact) mass is 379 g/mol. The summed E-state index contributed by atoms with van der Waals surface area (Å²) in [6, 6.07) is 14.5. The highest BCUT2D eigenvalue weighted by molar-refractivity contribution is 5.94. The van der Waals surface area contributed by atoms with Gasteiger partial charge in [0, 0.05) is 44.5 Å². The number of carbonyl (C=O) groups is 1. The fourth-order valence-electron chi connectivity index (χ4n) is 4.75. The first-order valence-electron chi connectivity index (χ1n) is 10.3. The van der Waals surface area contributed by atoms with E-state index in [-0.39, 0.29) is 11.5 Å². The summed E-state index contributed by atoms with van der Waals surface area (Å²) in [5, 5.41) is 0. The number of fused-ring (bicyclic) bond motifs is 4. The molecular formula is C23H29N3O2. The molecule has 0 saturated carbocycles. The molecule has 2 bridgehead atoms. The lowest BCUT2D eigenvalue weighted by atomic mass is 9.94. The van der Waals surface area contributed by atoms with Crippen LogP contribution in [-0.2, 0) is 13.1 Å². The third-order valence-corrected chi connectivity index (χ3v) is 6.28. The maximum atomic E-state index is 13.2. The molecule has 3 saturated heterocycles. The van der Waals surface area contributed by atoms with Crippen molar-refractivity contribution in [3.05, 3.63) is 69.6 Å². The minimum atomic E-state index is -0.162. The molecule has 1 aromatic carbocycles. The number of aromatic nitrogens is 1. The van der Waals surface area contributed by atoms with Crippen LogP contribution in [0.1, 0.15) is 41.4 Å². The van der Waals surface area contributed by atoms with E-state index in [1.807, 2.05) is 30.9 Å². The molecule has 2 aromatic rings. The third kappa shape index (κ3) is 3.63. The Kier molecular flexibility index (Phi) is 5.36. The summed E-state index contributed by atoms with van der Waals surface area (Å²) in [4.78, 5) is 30.5. The molecule has 0 spiro atoms. The number of piperidine rings is 1. The molecule has 0 N–H and O–H groups in total. The minimum Gasteiger partial charge on any atom is -0.337 e. The highest BCUT2D eigenvalue weighted by Gasteiger charge is 2.37. The molecule has 5 nitrogen and oxygen atoms in total. The molecule has 4 heterocycles. The van der Waals surface area contributed by atoms with E-state index >= 15 is 0 Å². The van der Waals surface area contributed by atoms with Crippen LogP contribution in [0.4, 0.5) is 0 Å². The standard InChI is InChI=1S/C23H29N3O2/c1-3-26-17(2)9-12-21(23(26)28)22(27)25-15-19-10-11-20(16-25)24(14-19)13-18-7-5-4-6-8-18/h4-9,12,19-20H,3,10-11,13-16H2,1-2H3/t19-,20-/m0/s1. The summed E-state index contributed by atoms with van der Waals surface area (Å²) < 4.78 is 1.68. The van der Waals surface area contributed by atoms with Gasteiger partial charge in [0.2, 0.25) is 0 Å². The zero-order valence-corrected chi connectivity index (χ0v) is 16.8. The summed E-state index contributed by atoms with van der Waals surface area (Å²) >= 11 is 0. The molecule has 148 valence electrons. The number of carbonyl (C=O) groups excluding carboxylic acids is 1. The van der Waals surface area contributed by atoms with E-state index in [4.69, 9.17) is 0 Å². The van der Waals surface area contributed by atoms with Crippen LogP contribution in [0.15, 0.2) is 47.3 Å². The Balaban J connectivity index is 1.55. The van der Waals surface area contributed by atoms with Crippen LogP contribution < -0.4 is 5.56 Å². The van der Waals surface area contributed by atoms with Gasteiger partial charge in [-0.1, -0.05) is 30.3 Å². The average Bonchev–Trinajstić information content (AvgIpc) is 3.01. The molecular weight excluding hydrogens is 350 g/mol. The Morgan fingerprint density at radius 3 is 2.57 bits per heavy atom. The second-order valence-corrected chi connectivity index (χ2v) is 8.16. The fraction of sp³-hybridized carbons (Fsp3) is 0.478. The van der Waals surface area contributed by atoms with E-state index in [1.165, 1.54) is 5.56 Å². The van der Waals surface area contributed by atoms with Gasteiger partial charge in [-0.05, 0) is 50.3 Å². The zero-order valence-electron chi connectivity index (χ0n) is 16.8. The van der Waals surface area contributed by atoms with Gasteiger partial charge >= 0.3 is 0 Å². The van der Waals surface area contributed by atoms with E-state index in [2.05, 4.69) is 29.2 Å². The first kappa shape index (κ1) is 18.9. The van der Waals surface area contributed by atoms with Crippen LogP contribution in [-0.4, -0.2) is 46.0 Å². The molecule has 3 fully saturated rings. The van der Waals surface area contributed by atoms with Crippen molar-refractivity contribution in [2.75, 3.05) is 19.6 Å². The Labute approximate surface area is 166 Å². The SMILES string of the molecule is CCn1c(C)ccc(C(=O)N2C[C@H]3CC[C@@H](C2)N(Cc2ccccc2)C3)c1=O. The van der Waals surface area contributed by atoms with Gasteiger partial charge in [0.1, 0.15) is 5.56 Å². The average molecular weight is 380 g/mol. The summed E-state index contributed by atoms with van der Waals surface area (Å²) in [7, 11) is 0. The van der Waals surface area contributed by atoms with Gasteiger partial charge in [-0.15, -0.1) is 0 Å². The van der Waals surface area contributed by atoms with Gasteiger partial charge in [0.05, 0.1) is 0 Å². The van der Waals surface area contributed by atoms with Crippen LogP contribution in [0.2, 0.25) is 0 Å². The summed E-state index contributed by atoms with van der Waals surface area (Å²) in [5.74, 6) is 0.371. The molecule has 0 aliphatic carbocycles. The van der Waals surface area contributed by atoms with Crippen molar-refractivity contribution < 1.29 is 4.79 Å². The van der Waals surface area contributed by atoms with E-state index in [1.54, 1.807) is 10.6 Å². The molecule has 0 unspecified atom stereocenters. The minimum absolute atomic E-state index is 0.106. The second-order valence-electron chi connectivity index (χ2n) is 8.16. The molecule has 3 aliphatic rings. The Morgan fingerprint density at radius 2 is 1.82 bits per heavy atom. The molecule has 3 aliphatic heterocycles. The van der Waals surface area contributed by atoms with Crippen LogP contribution in [0.5, 0.6) is 0 Å². The normalized spacial score (nSPS) is 22.3. The van der Waals surface area contributed by atoms with Crippen LogP contribution in [0.3, 0.4) is 0 Å². The van der Waals surface area contributed by atoms with E-state index < -0.39 is 0 Å². The molecule has 5 heteroatoms. The van der Waals surface area contributed by atoms with Crippen molar-refractivity contribution in [2.45, 2.75) is 45.8 Å². The number of amides is 1. The van der Waals surface area contributed by atoms with Gasteiger partial charge in [0.15, 0.2) is 0 Å². The highest BCUT2D eigenvalue weighted by atomic mass is 16.2. The lowest BCUT2D eigenvalue weighted by molar-refractivity contribution is 0.0733. The number of benzene rings is 1. The van der Waals surface area contributed by atoms with E-state index in [9.17, 15) is 9.59 Å². The van der Waals surface area contributed by atoms with Crippen molar-refractivity contribution in [3.8, 4) is 0 Å². The molecule has 1 amide bonds. The molecule has 1 aromatic heterocycles. The summed E-state index contributed by atoms with van der Waals surface area (Å²) in [6.07, 6.45) is 2.28. The Bertz CT molecular complexity index is 906. The lowest BCUT2D eigenvalue weighted by Gasteiger charge is -2.36. The number of aryl methyl sites for hydroxylation is 1. The van der Waals surface area contributed by atoms with Crippen molar-refractivity contribution in [3.63, 3.8) is 0 Å². The maximum Gasteiger partial charge on any atom is 0.263 e. The first-order chi connectivity index (χ1) is 13.6. The topological polar surface area (TPSA) is 45.6 Å². The van der Waals surface area contributed by atoms with Crippen molar-refractivity contribution in [2.24, 2.45) is 5.92 Å². The van der Waals surface area contributed by atoms with Crippen LogP contribution in [0, 0.1) is 12.8 Å². The number of nitrogens with zero attached hydrogens (tertiary/aromatic N) is 3. The summed E-state index contributed by atoms with van der Waals surface area (Å²) in [6.45, 7) is 7.85. The fourth-order valence-corrected chi connectivity index (χ4v) is 4.75. The first-order valence-corrected chi connectivity index (χ1v) is 10.3. The third-order valence-electron chi connectivity index (χ3n) is 6.28. The number of hydrogen-bond donors (Lipinski definition) is 0. The second kappa shape index (κ2) is 7.92. The van der Waals surface area contributed by atoms with Crippen LogP contribution >= 0.6 is 0 Å². The molecule has 5 rings (SSSR count). The zero-order chi connectivity index (χ0) is 19.7. The van der Waals surface area contributed by atoms with Crippen LogP contribution in [0.25, 0.3) is 0 Å². The number of pyridine rings is 1. The van der Waals surface area contributed by atoms with Crippen molar-refractivity contribution >= 4 is 5.91 Å². The molecule has 2 atom stereocenters. The molecule has 28 heavy (non-hydrogen) atoms. The van der Waals surface area contributed by atoms with Gasteiger partial charge in [-0.2, -0.15) is 0 Å². The quantitative estimate of drug-likeness (QED) is 0.821. The summed E-state index contributed by atoms with van der Waals surface area (Å²) in [5.41, 5.74) is 2.36. The smallest absolute Gasteiger partial charge is 0.263 e. The van der Waals surface area contributed by atoms with Crippen molar-refractivity contribution in [1.82, 2.24) is 14.4 Å². The van der Waals surface area contributed by atoms with Gasteiger partial charge in [-0.25, -0.2) is 0 Å². The van der Waals surface area contributed by atoms with Gasteiger partial charge in [-0.3, -0.25) is 14.5 Å². The lowest BCUT2D eigenvalue weighted by Crippen LogP contribution is -2.44. The number of rotatable bonds is 4. The van der Waals surface area contributed by atoms with E-state index in [0.29, 0.717) is 30.6 Å². The predicted octanol–water partition coefficient (Wildman–Crippen LogP) is 2.91. The van der Waals surface area contributed by atoms with Crippen molar-refractivity contribution in [1.29, 1.82) is 0 Å². The van der Waals surface area contributed by atoms with Gasteiger partial charge < -0.3 is 9.47 Å². The largest absolute Gasteiger partial charge is 0.337 e. The Morgan fingerprint density at radius 1 is 1.04 bits per heavy atom. The highest BCUT2D eigenvalue weighted by Crippen LogP contribution is 2.29. The van der Waals surface area contributed by atoms with Gasteiger partial charge in [0.25, 0.3) is 11.5 Å². The molecule has 0 radical (unpaired) electrons. The Hall–Kier alpha value is -2.40. The number of hydrogen-bond acceptors (Lipinski definition) is 3. The maximum absolute atomic E-state index is 13.2.